The van der Waals surface area contributed by atoms with Gasteiger partial charge in [0, 0.05) is 6.04 Å². The van der Waals surface area contributed by atoms with Crippen molar-refractivity contribution < 1.29 is 18.3 Å². The van der Waals surface area contributed by atoms with Crippen molar-refractivity contribution in [3.05, 3.63) is 28.8 Å². The molecule has 1 aromatic rings. The van der Waals surface area contributed by atoms with Crippen LogP contribution in [0.15, 0.2) is 18.2 Å². The quantitative estimate of drug-likeness (QED) is 0.855. The molecule has 0 aliphatic carbocycles. The van der Waals surface area contributed by atoms with Gasteiger partial charge in [-0.25, -0.2) is 8.42 Å². The molecule has 118 valence electrons. The van der Waals surface area contributed by atoms with Crippen molar-refractivity contribution in [2.24, 2.45) is 0 Å². The summed E-state index contributed by atoms with van der Waals surface area (Å²) in [5.41, 5.74) is 1.02. The summed E-state index contributed by atoms with van der Waals surface area (Å²) in [6.07, 6.45) is -1.77. The van der Waals surface area contributed by atoms with Crippen LogP contribution in [0.2, 0.25) is 5.02 Å². The van der Waals surface area contributed by atoms with E-state index in [1.807, 2.05) is 19.9 Å². The lowest BCUT2D eigenvalue weighted by molar-refractivity contribution is 0.0738. The van der Waals surface area contributed by atoms with Crippen molar-refractivity contribution in [2.45, 2.75) is 32.1 Å². The van der Waals surface area contributed by atoms with Gasteiger partial charge in [-0.2, -0.15) is 0 Å². The molecule has 0 amide bonds. The van der Waals surface area contributed by atoms with Gasteiger partial charge in [0.15, 0.2) is 9.84 Å². The second-order valence-corrected chi connectivity index (χ2v) is 7.83. The Hall–Kier alpha value is -0.820. The van der Waals surface area contributed by atoms with Gasteiger partial charge in [-0.15, -0.1) is 0 Å². The lowest BCUT2D eigenvalue weighted by atomic mass is 10.1. The molecule has 1 aliphatic heterocycles. The van der Waals surface area contributed by atoms with Gasteiger partial charge in [0.2, 0.25) is 0 Å². The summed E-state index contributed by atoms with van der Waals surface area (Å²) < 4.78 is 28.5. The maximum Gasteiger partial charge on any atom is 0.156 e. The Morgan fingerprint density at radius 1 is 1.48 bits per heavy atom. The summed E-state index contributed by atoms with van der Waals surface area (Å²) in [6.45, 7) is 4.91. The average Bonchev–Trinajstić information content (AvgIpc) is 2.65. The molecule has 0 bridgehead atoms. The van der Waals surface area contributed by atoms with Crippen LogP contribution >= 0.6 is 11.6 Å². The number of nitrogens with one attached hydrogen (secondary N) is 1. The van der Waals surface area contributed by atoms with Crippen molar-refractivity contribution >= 4 is 21.4 Å². The van der Waals surface area contributed by atoms with Crippen LogP contribution in [0, 0.1) is 0 Å². The van der Waals surface area contributed by atoms with Gasteiger partial charge < -0.3 is 15.2 Å². The summed E-state index contributed by atoms with van der Waals surface area (Å²) in [5, 5.41) is 13.4. The molecular formula is C14H20ClNO4S. The first-order valence-electron chi connectivity index (χ1n) is 6.90. The highest BCUT2D eigenvalue weighted by Crippen LogP contribution is 2.30. The summed E-state index contributed by atoms with van der Waals surface area (Å²) in [4.78, 5) is 0. The molecule has 2 N–H and O–H groups in total. The van der Waals surface area contributed by atoms with E-state index in [1.165, 1.54) is 0 Å². The molecule has 0 radical (unpaired) electrons. The topological polar surface area (TPSA) is 75.6 Å². The van der Waals surface area contributed by atoms with Crippen molar-refractivity contribution in [2.75, 3.05) is 18.1 Å². The van der Waals surface area contributed by atoms with Crippen LogP contribution in [0.4, 0.5) is 0 Å². The minimum absolute atomic E-state index is 0.166. The SMILES string of the molecule is CCNC(C)c1ccc(OC2CS(=O)(=O)CC2O)c(Cl)c1. The molecule has 0 spiro atoms. The van der Waals surface area contributed by atoms with Crippen LogP contribution in [0.1, 0.15) is 25.5 Å². The fourth-order valence-electron chi connectivity index (χ4n) is 2.38. The first kappa shape index (κ1) is 16.5. The van der Waals surface area contributed by atoms with Crippen molar-refractivity contribution in [3.63, 3.8) is 0 Å². The zero-order chi connectivity index (χ0) is 15.6. The van der Waals surface area contributed by atoms with E-state index in [4.69, 9.17) is 16.3 Å². The monoisotopic (exact) mass is 333 g/mol. The van der Waals surface area contributed by atoms with Crippen LogP contribution in [0.25, 0.3) is 0 Å². The third-order valence-corrected chi connectivity index (χ3v) is 5.50. The zero-order valence-corrected chi connectivity index (χ0v) is 13.6. The van der Waals surface area contributed by atoms with Crippen molar-refractivity contribution in [1.82, 2.24) is 5.32 Å². The fourth-order valence-corrected chi connectivity index (χ4v) is 4.27. The number of hydrogen-bond acceptors (Lipinski definition) is 5. The van der Waals surface area contributed by atoms with Crippen molar-refractivity contribution in [1.29, 1.82) is 0 Å². The number of aliphatic hydroxyl groups is 1. The van der Waals surface area contributed by atoms with E-state index in [1.54, 1.807) is 12.1 Å². The Bertz CT molecular complexity index is 605. The van der Waals surface area contributed by atoms with Crippen LogP contribution in [0.3, 0.4) is 0 Å². The maximum atomic E-state index is 11.5. The molecule has 1 saturated heterocycles. The molecule has 1 heterocycles. The second-order valence-electron chi connectivity index (χ2n) is 5.27. The first-order chi connectivity index (χ1) is 9.82. The van der Waals surface area contributed by atoms with E-state index >= 15 is 0 Å². The van der Waals surface area contributed by atoms with Crippen LogP contribution in [-0.2, 0) is 9.84 Å². The summed E-state index contributed by atoms with van der Waals surface area (Å²) in [6, 6.07) is 5.55. The van der Waals surface area contributed by atoms with E-state index in [9.17, 15) is 13.5 Å². The molecule has 3 unspecified atom stereocenters. The molecule has 0 saturated carbocycles. The lowest BCUT2D eigenvalue weighted by Crippen LogP contribution is -2.29. The summed E-state index contributed by atoms with van der Waals surface area (Å²) in [5.74, 6) is -0.0459. The van der Waals surface area contributed by atoms with Crippen LogP contribution < -0.4 is 10.1 Å². The third kappa shape index (κ3) is 4.10. The van der Waals surface area contributed by atoms with Gasteiger partial charge in [-0.05, 0) is 31.2 Å². The Kier molecular flexibility index (Phi) is 5.14. The number of sulfone groups is 1. The predicted octanol–water partition coefficient (Wildman–Crippen LogP) is 1.55. The predicted molar refractivity (Wildman–Crippen MR) is 82.6 cm³/mol. The van der Waals surface area contributed by atoms with E-state index in [2.05, 4.69) is 5.32 Å². The Morgan fingerprint density at radius 2 is 2.19 bits per heavy atom. The Morgan fingerprint density at radius 3 is 2.71 bits per heavy atom. The largest absolute Gasteiger partial charge is 0.485 e. The molecular weight excluding hydrogens is 314 g/mol. The van der Waals surface area contributed by atoms with Gasteiger partial charge in [-0.3, -0.25) is 0 Å². The number of halogens is 1. The fraction of sp³-hybridized carbons (Fsp3) is 0.571. The molecule has 1 aliphatic rings. The number of rotatable bonds is 5. The molecule has 0 aromatic heterocycles. The minimum Gasteiger partial charge on any atom is -0.485 e. The molecule has 3 atom stereocenters. The number of aliphatic hydroxyl groups excluding tert-OH is 1. The zero-order valence-electron chi connectivity index (χ0n) is 12.0. The summed E-state index contributed by atoms with van der Waals surface area (Å²) >= 11 is 6.19. The highest BCUT2D eigenvalue weighted by Gasteiger charge is 2.38. The maximum absolute atomic E-state index is 11.5. The molecule has 2 rings (SSSR count). The number of benzene rings is 1. The van der Waals surface area contributed by atoms with E-state index in [-0.39, 0.29) is 17.5 Å². The molecule has 1 fully saturated rings. The van der Waals surface area contributed by atoms with Crippen LogP contribution in [0.5, 0.6) is 5.75 Å². The number of ether oxygens (including phenoxy) is 1. The molecule has 21 heavy (non-hydrogen) atoms. The highest BCUT2D eigenvalue weighted by molar-refractivity contribution is 7.91. The van der Waals surface area contributed by atoms with Gasteiger partial charge in [-0.1, -0.05) is 24.6 Å². The standard InChI is InChI=1S/C14H20ClNO4S/c1-3-16-9(2)10-4-5-13(11(15)6-10)20-14-8-21(18,19)7-12(14)17/h4-6,9,12,14,16-17H,3,7-8H2,1-2H3. The van der Waals surface area contributed by atoms with Gasteiger partial charge in [0.25, 0.3) is 0 Å². The molecule has 7 heteroatoms. The molecule has 1 aromatic carbocycles. The Balaban J connectivity index is 2.11. The minimum atomic E-state index is -3.23. The third-order valence-electron chi connectivity index (χ3n) is 3.52. The highest BCUT2D eigenvalue weighted by atomic mass is 35.5. The number of hydrogen-bond donors (Lipinski definition) is 2. The van der Waals surface area contributed by atoms with Gasteiger partial charge in [0.1, 0.15) is 18.0 Å². The van der Waals surface area contributed by atoms with E-state index in [0.717, 1.165) is 12.1 Å². The summed E-state index contributed by atoms with van der Waals surface area (Å²) in [7, 11) is -3.23. The van der Waals surface area contributed by atoms with Gasteiger partial charge in [0.05, 0.1) is 16.5 Å². The first-order valence-corrected chi connectivity index (χ1v) is 9.10. The smallest absolute Gasteiger partial charge is 0.156 e. The lowest BCUT2D eigenvalue weighted by Gasteiger charge is -2.18. The second kappa shape index (κ2) is 6.52. The Labute approximate surface area is 130 Å². The molecule has 5 nitrogen and oxygen atoms in total. The van der Waals surface area contributed by atoms with Crippen molar-refractivity contribution in [3.8, 4) is 5.75 Å². The van der Waals surface area contributed by atoms with E-state index < -0.39 is 22.0 Å². The van der Waals surface area contributed by atoms with Crippen LogP contribution in [-0.4, -0.2) is 43.8 Å². The van der Waals surface area contributed by atoms with E-state index in [0.29, 0.717) is 10.8 Å². The average molecular weight is 334 g/mol. The normalized spacial score (nSPS) is 25.7. The van der Waals surface area contributed by atoms with Gasteiger partial charge >= 0.3 is 0 Å².